The summed E-state index contributed by atoms with van der Waals surface area (Å²) in [5, 5.41) is 8.06. The summed E-state index contributed by atoms with van der Waals surface area (Å²) in [6.45, 7) is 3.58. The van der Waals surface area contributed by atoms with Crippen LogP contribution in [0.25, 0.3) is 0 Å². The zero-order chi connectivity index (χ0) is 13.8. The Morgan fingerprint density at radius 3 is 2.89 bits per heavy atom. The monoisotopic (exact) mass is 294 g/mol. The topological polar surface area (TPSA) is 55.9 Å². The number of nitrogens with one attached hydrogen (secondary N) is 1. The van der Waals surface area contributed by atoms with Gasteiger partial charge in [0.25, 0.3) is 0 Å². The highest BCUT2D eigenvalue weighted by molar-refractivity contribution is 7.80. The minimum Gasteiger partial charge on any atom is -0.389 e. The molecule has 0 fully saturated rings. The van der Waals surface area contributed by atoms with Crippen molar-refractivity contribution >= 4 is 34.5 Å². The Bertz CT molecular complexity index is 594. The quantitative estimate of drug-likeness (QED) is 0.832. The highest BCUT2D eigenvalue weighted by Crippen LogP contribution is 2.20. The van der Waals surface area contributed by atoms with E-state index in [1.165, 1.54) is 0 Å². The molecule has 19 heavy (non-hydrogen) atoms. The second-order valence-corrected chi connectivity index (χ2v) is 5.11. The predicted octanol–water partition coefficient (Wildman–Crippen LogP) is 2.59. The Balaban J connectivity index is 1.93. The van der Waals surface area contributed by atoms with Gasteiger partial charge in [0.2, 0.25) is 0 Å². The number of aryl methyl sites for hydroxylation is 1. The molecule has 0 saturated carbocycles. The summed E-state index contributed by atoms with van der Waals surface area (Å²) in [6.07, 6.45) is 3.85. The van der Waals surface area contributed by atoms with Crippen LogP contribution in [-0.4, -0.2) is 21.3 Å². The third-order valence-electron chi connectivity index (χ3n) is 2.67. The molecule has 0 unspecified atom stereocenters. The van der Waals surface area contributed by atoms with Crippen LogP contribution < -0.4 is 11.1 Å². The summed E-state index contributed by atoms with van der Waals surface area (Å²) in [6, 6.07) is 5.56. The summed E-state index contributed by atoms with van der Waals surface area (Å²) in [5.74, 6) is 0. The van der Waals surface area contributed by atoms with Crippen molar-refractivity contribution in [1.82, 2.24) is 9.78 Å². The van der Waals surface area contributed by atoms with Crippen LogP contribution in [0.15, 0.2) is 30.6 Å². The molecule has 4 nitrogen and oxygen atoms in total. The van der Waals surface area contributed by atoms with Gasteiger partial charge in [-0.1, -0.05) is 23.8 Å². The SMILES string of the molecule is Cc1cnn(CCNc2ccc(C(N)=S)c(Cl)c2)c1. The molecule has 0 aliphatic carbocycles. The van der Waals surface area contributed by atoms with Crippen LogP contribution >= 0.6 is 23.8 Å². The van der Waals surface area contributed by atoms with Crippen molar-refractivity contribution in [3.63, 3.8) is 0 Å². The molecule has 0 saturated heterocycles. The zero-order valence-electron chi connectivity index (χ0n) is 10.6. The normalized spacial score (nSPS) is 10.4. The van der Waals surface area contributed by atoms with Gasteiger partial charge in [-0.3, -0.25) is 4.68 Å². The van der Waals surface area contributed by atoms with Crippen molar-refractivity contribution in [2.24, 2.45) is 5.73 Å². The molecule has 1 aromatic heterocycles. The lowest BCUT2D eigenvalue weighted by molar-refractivity contribution is 0.637. The van der Waals surface area contributed by atoms with Crippen LogP contribution in [0.1, 0.15) is 11.1 Å². The number of rotatable bonds is 5. The van der Waals surface area contributed by atoms with Crippen LogP contribution in [0.3, 0.4) is 0 Å². The van der Waals surface area contributed by atoms with Crippen LogP contribution in [0.5, 0.6) is 0 Å². The van der Waals surface area contributed by atoms with Gasteiger partial charge in [0.15, 0.2) is 0 Å². The highest BCUT2D eigenvalue weighted by Gasteiger charge is 2.04. The fourth-order valence-electron chi connectivity index (χ4n) is 1.73. The maximum absolute atomic E-state index is 6.10. The lowest BCUT2D eigenvalue weighted by Gasteiger charge is -2.09. The van der Waals surface area contributed by atoms with Crippen molar-refractivity contribution in [2.75, 3.05) is 11.9 Å². The third kappa shape index (κ3) is 3.68. The molecule has 0 amide bonds. The molecule has 0 aliphatic rings. The predicted molar refractivity (Wildman–Crippen MR) is 82.8 cm³/mol. The first kappa shape index (κ1) is 13.8. The first-order chi connectivity index (χ1) is 9.06. The number of thiocarbonyl (C=S) groups is 1. The molecule has 0 spiro atoms. The summed E-state index contributed by atoms with van der Waals surface area (Å²) < 4.78 is 1.90. The highest BCUT2D eigenvalue weighted by atomic mass is 35.5. The molecule has 2 rings (SSSR count). The number of hydrogen-bond acceptors (Lipinski definition) is 3. The minimum absolute atomic E-state index is 0.309. The molecular weight excluding hydrogens is 280 g/mol. The maximum atomic E-state index is 6.10. The van der Waals surface area contributed by atoms with E-state index < -0.39 is 0 Å². The van der Waals surface area contributed by atoms with Gasteiger partial charge in [-0.05, 0) is 30.7 Å². The van der Waals surface area contributed by atoms with E-state index in [0.29, 0.717) is 15.6 Å². The second kappa shape index (κ2) is 6.04. The van der Waals surface area contributed by atoms with Crippen LogP contribution in [0.4, 0.5) is 5.69 Å². The van der Waals surface area contributed by atoms with E-state index in [9.17, 15) is 0 Å². The number of benzene rings is 1. The molecule has 1 aromatic carbocycles. The van der Waals surface area contributed by atoms with E-state index >= 15 is 0 Å². The first-order valence-corrected chi connectivity index (χ1v) is 6.67. The molecule has 2 aromatic rings. The van der Waals surface area contributed by atoms with Crippen molar-refractivity contribution in [2.45, 2.75) is 13.5 Å². The lowest BCUT2D eigenvalue weighted by Crippen LogP contribution is -2.12. The first-order valence-electron chi connectivity index (χ1n) is 5.88. The Hall–Kier alpha value is -1.59. The van der Waals surface area contributed by atoms with Gasteiger partial charge in [0.05, 0.1) is 17.8 Å². The second-order valence-electron chi connectivity index (χ2n) is 4.27. The Morgan fingerprint density at radius 1 is 1.53 bits per heavy atom. The van der Waals surface area contributed by atoms with Gasteiger partial charge < -0.3 is 11.1 Å². The Labute approximate surface area is 122 Å². The standard InChI is InChI=1S/C13H15ClN4S/c1-9-7-17-18(8-9)5-4-16-10-2-3-11(13(15)19)12(14)6-10/h2-3,6-8,16H,4-5H2,1H3,(H2,15,19). The number of aromatic nitrogens is 2. The van der Waals surface area contributed by atoms with Gasteiger partial charge in [-0.15, -0.1) is 0 Å². The summed E-state index contributed by atoms with van der Waals surface area (Å²) in [5.41, 5.74) is 8.35. The fourth-order valence-corrected chi connectivity index (χ4v) is 2.25. The number of nitrogens with zero attached hydrogens (tertiary/aromatic N) is 2. The summed E-state index contributed by atoms with van der Waals surface area (Å²) in [7, 11) is 0. The van der Waals surface area contributed by atoms with E-state index in [0.717, 1.165) is 24.3 Å². The molecule has 0 atom stereocenters. The molecule has 0 radical (unpaired) electrons. The van der Waals surface area contributed by atoms with Gasteiger partial charge in [0, 0.05) is 24.0 Å². The Kier molecular flexibility index (Phi) is 4.39. The van der Waals surface area contributed by atoms with Gasteiger partial charge in [-0.2, -0.15) is 5.10 Å². The molecule has 6 heteroatoms. The molecule has 0 bridgehead atoms. The van der Waals surface area contributed by atoms with E-state index in [2.05, 4.69) is 10.4 Å². The summed E-state index contributed by atoms with van der Waals surface area (Å²) in [4.78, 5) is 0.309. The Morgan fingerprint density at radius 2 is 2.32 bits per heavy atom. The molecule has 1 heterocycles. The van der Waals surface area contributed by atoms with Gasteiger partial charge in [-0.25, -0.2) is 0 Å². The molecule has 100 valence electrons. The smallest absolute Gasteiger partial charge is 0.105 e. The molecule has 3 N–H and O–H groups in total. The van der Waals surface area contributed by atoms with E-state index in [1.807, 2.05) is 42.2 Å². The fraction of sp³-hybridized carbons (Fsp3) is 0.231. The maximum Gasteiger partial charge on any atom is 0.105 e. The van der Waals surface area contributed by atoms with Crippen molar-refractivity contribution in [1.29, 1.82) is 0 Å². The number of hydrogen-bond donors (Lipinski definition) is 2. The lowest BCUT2D eigenvalue weighted by atomic mass is 10.2. The van der Waals surface area contributed by atoms with E-state index in [1.54, 1.807) is 0 Å². The van der Waals surface area contributed by atoms with Crippen molar-refractivity contribution in [3.8, 4) is 0 Å². The van der Waals surface area contributed by atoms with Crippen LogP contribution in [0.2, 0.25) is 5.02 Å². The van der Waals surface area contributed by atoms with Crippen molar-refractivity contribution < 1.29 is 0 Å². The largest absolute Gasteiger partial charge is 0.389 e. The van der Waals surface area contributed by atoms with E-state index in [4.69, 9.17) is 29.6 Å². The summed E-state index contributed by atoms with van der Waals surface area (Å²) >= 11 is 11.0. The van der Waals surface area contributed by atoms with Crippen LogP contribution in [-0.2, 0) is 6.54 Å². The van der Waals surface area contributed by atoms with Crippen molar-refractivity contribution in [3.05, 3.63) is 46.7 Å². The molecule has 0 aliphatic heterocycles. The number of nitrogens with two attached hydrogens (primary N) is 1. The average molecular weight is 295 g/mol. The van der Waals surface area contributed by atoms with Gasteiger partial charge >= 0.3 is 0 Å². The number of anilines is 1. The van der Waals surface area contributed by atoms with Gasteiger partial charge in [0.1, 0.15) is 4.99 Å². The minimum atomic E-state index is 0.309. The van der Waals surface area contributed by atoms with Crippen LogP contribution in [0, 0.1) is 6.92 Å². The molecular formula is C13H15ClN4S. The third-order valence-corrected chi connectivity index (χ3v) is 3.20. The van der Waals surface area contributed by atoms with E-state index in [-0.39, 0.29) is 0 Å². The average Bonchev–Trinajstić information content (AvgIpc) is 2.75. The number of halogens is 1. The zero-order valence-corrected chi connectivity index (χ0v) is 12.1.